The number of rotatable bonds is 7. The van der Waals surface area contributed by atoms with Crippen molar-refractivity contribution in [3.63, 3.8) is 0 Å². The maximum absolute atomic E-state index is 11.4. The van der Waals surface area contributed by atoms with E-state index in [1.165, 1.54) is 0 Å². The highest BCUT2D eigenvalue weighted by Crippen LogP contribution is 2.03. The molecule has 102 valence electrons. The first kappa shape index (κ1) is 14.9. The third-order valence-corrected chi connectivity index (χ3v) is 2.30. The van der Waals surface area contributed by atoms with Crippen molar-refractivity contribution in [2.75, 3.05) is 6.61 Å². The fourth-order valence-electron chi connectivity index (χ4n) is 1.34. The summed E-state index contributed by atoms with van der Waals surface area (Å²) in [4.78, 5) is 33.6. The van der Waals surface area contributed by atoms with E-state index in [1.54, 1.807) is 6.92 Å². The number of esters is 2. The molecule has 0 saturated carbocycles. The first-order chi connectivity index (χ1) is 9.13. The summed E-state index contributed by atoms with van der Waals surface area (Å²) in [7, 11) is 0. The van der Waals surface area contributed by atoms with Gasteiger partial charge in [0.2, 0.25) is 5.78 Å². The summed E-state index contributed by atoms with van der Waals surface area (Å²) >= 11 is 0. The van der Waals surface area contributed by atoms with Crippen molar-refractivity contribution in [3.8, 4) is 0 Å². The van der Waals surface area contributed by atoms with Gasteiger partial charge in [0.15, 0.2) is 0 Å². The maximum atomic E-state index is 11.4. The van der Waals surface area contributed by atoms with Crippen molar-refractivity contribution in [1.82, 2.24) is 0 Å². The van der Waals surface area contributed by atoms with Crippen LogP contribution in [0.1, 0.15) is 25.3 Å². The van der Waals surface area contributed by atoms with Gasteiger partial charge in [0.1, 0.15) is 6.61 Å². The highest BCUT2D eigenvalue weighted by molar-refractivity contribution is 6.33. The second-order valence-electron chi connectivity index (χ2n) is 3.79. The quantitative estimate of drug-likeness (QED) is 0.553. The molecule has 0 atom stereocenters. The Kier molecular flexibility index (Phi) is 6.29. The van der Waals surface area contributed by atoms with E-state index in [9.17, 15) is 14.4 Å². The number of carbonyl (C=O) groups excluding carboxylic acids is 3. The lowest BCUT2D eigenvalue weighted by Crippen LogP contribution is -2.18. The zero-order valence-electron chi connectivity index (χ0n) is 10.8. The lowest BCUT2D eigenvalue weighted by atomic mass is 10.2. The monoisotopic (exact) mass is 264 g/mol. The third kappa shape index (κ3) is 5.81. The maximum Gasteiger partial charge on any atom is 0.374 e. The lowest BCUT2D eigenvalue weighted by Gasteiger charge is -2.04. The molecule has 1 aromatic carbocycles. The zero-order valence-corrected chi connectivity index (χ0v) is 10.8. The summed E-state index contributed by atoms with van der Waals surface area (Å²) in [5, 5.41) is 0. The number of hydrogen-bond donors (Lipinski definition) is 0. The fraction of sp³-hybridized carbons (Fsp3) is 0.357. The SMILES string of the molecule is CCOC(=O)C(=O)CCC(=O)OCc1ccccc1. The van der Waals surface area contributed by atoms with Gasteiger partial charge >= 0.3 is 11.9 Å². The molecule has 5 heteroatoms. The first-order valence-electron chi connectivity index (χ1n) is 6.03. The van der Waals surface area contributed by atoms with Crippen molar-refractivity contribution < 1.29 is 23.9 Å². The number of ether oxygens (including phenoxy) is 2. The smallest absolute Gasteiger partial charge is 0.374 e. The van der Waals surface area contributed by atoms with Crippen molar-refractivity contribution in [3.05, 3.63) is 35.9 Å². The van der Waals surface area contributed by atoms with E-state index in [-0.39, 0.29) is 26.1 Å². The normalized spacial score (nSPS) is 9.74. The summed E-state index contributed by atoms with van der Waals surface area (Å²) in [5.74, 6) is -2.13. The van der Waals surface area contributed by atoms with Crippen LogP contribution in [0.25, 0.3) is 0 Å². The van der Waals surface area contributed by atoms with Crippen molar-refractivity contribution in [1.29, 1.82) is 0 Å². The molecule has 0 aliphatic rings. The Bertz CT molecular complexity index is 438. The van der Waals surface area contributed by atoms with Crippen LogP contribution in [0, 0.1) is 0 Å². The molecule has 0 radical (unpaired) electrons. The lowest BCUT2D eigenvalue weighted by molar-refractivity contribution is -0.154. The molecule has 0 aliphatic carbocycles. The summed E-state index contributed by atoms with van der Waals surface area (Å²) < 4.78 is 9.50. The molecule has 19 heavy (non-hydrogen) atoms. The highest BCUT2D eigenvalue weighted by Gasteiger charge is 2.16. The Morgan fingerprint density at radius 3 is 2.32 bits per heavy atom. The van der Waals surface area contributed by atoms with Crippen LogP contribution in [-0.4, -0.2) is 24.3 Å². The largest absolute Gasteiger partial charge is 0.461 e. The molecule has 0 aliphatic heterocycles. The van der Waals surface area contributed by atoms with E-state index in [0.717, 1.165) is 5.56 Å². The van der Waals surface area contributed by atoms with Gasteiger partial charge in [-0.15, -0.1) is 0 Å². The van der Waals surface area contributed by atoms with Gasteiger partial charge < -0.3 is 9.47 Å². The topological polar surface area (TPSA) is 69.7 Å². The Balaban J connectivity index is 2.25. The molecule has 0 aromatic heterocycles. The second-order valence-corrected chi connectivity index (χ2v) is 3.79. The highest BCUT2D eigenvalue weighted by atomic mass is 16.5. The van der Waals surface area contributed by atoms with Crippen molar-refractivity contribution >= 4 is 17.7 Å². The minimum absolute atomic E-state index is 0.121. The second kappa shape index (κ2) is 8.02. The molecule has 0 amide bonds. The minimum Gasteiger partial charge on any atom is -0.461 e. The minimum atomic E-state index is -0.904. The van der Waals surface area contributed by atoms with E-state index in [2.05, 4.69) is 4.74 Å². The standard InChI is InChI=1S/C14H16O5/c1-2-18-14(17)12(15)8-9-13(16)19-10-11-6-4-3-5-7-11/h3-7H,2,8-10H2,1H3. The van der Waals surface area contributed by atoms with Gasteiger partial charge in [-0.3, -0.25) is 9.59 Å². The van der Waals surface area contributed by atoms with Gasteiger partial charge in [-0.1, -0.05) is 30.3 Å². The molecule has 0 N–H and O–H groups in total. The summed E-state index contributed by atoms with van der Waals surface area (Å²) in [6.07, 6.45) is -0.309. The molecule has 0 bridgehead atoms. The molecule has 0 fully saturated rings. The van der Waals surface area contributed by atoms with Crippen LogP contribution in [0.15, 0.2) is 30.3 Å². The number of benzene rings is 1. The first-order valence-corrected chi connectivity index (χ1v) is 6.03. The van der Waals surface area contributed by atoms with Crippen LogP contribution in [-0.2, 0) is 30.5 Å². The van der Waals surface area contributed by atoms with E-state index >= 15 is 0 Å². The molecule has 5 nitrogen and oxygen atoms in total. The van der Waals surface area contributed by atoms with Crippen LogP contribution >= 0.6 is 0 Å². The average molecular weight is 264 g/mol. The average Bonchev–Trinajstić information content (AvgIpc) is 2.43. The summed E-state index contributed by atoms with van der Waals surface area (Å²) in [5.41, 5.74) is 0.868. The van der Waals surface area contributed by atoms with E-state index in [0.29, 0.717) is 0 Å². The number of Topliss-reactive ketones (excluding diaryl/α,β-unsaturated/α-hetero) is 1. The Hall–Kier alpha value is -2.17. The van der Waals surface area contributed by atoms with Crippen LogP contribution in [0.2, 0.25) is 0 Å². The molecule has 0 saturated heterocycles. The van der Waals surface area contributed by atoms with Gasteiger partial charge in [0.25, 0.3) is 0 Å². The van der Waals surface area contributed by atoms with Crippen LogP contribution in [0.3, 0.4) is 0 Å². The number of hydrogen-bond acceptors (Lipinski definition) is 5. The van der Waals surface area contributed by atoms with Crippen molar-refractivity contribution in [2.45, 2.75) is 26.4 Å². The Labute approximate surface area is 111 Å². The predicted octanol–water partition coefficient (Wildman–Crippen LogP) is 1.64. The van der Waals surface area contributed by atoms with Gasteiger partial charge in [0, 0.05) is 6.42 Å². The predicted molar refractivity (Wildman–Crippen MR) is 67.1 cm³/mol. The van der Waals surface area contributed by atoms with Crippen LogP contribution < -0.4 is 0 Å². The molecule has 1 aromatic rings. The van der Waals surface area contributed by atoms with Gasteiger partial charge in [-0.2, -0.15) is 0 Å². The molecule has 0 unspecified atom stereocenters. The molecule has 0 heterocycles. The molecule has 0 spiro atoms. The van der Waals surface area contributed by atoms with E-state index in [4.69, 9.17) is 4.74 Å². The Morgan fingerprint density at radius 2 is 1.68 bits per heavy atom. The summed E-state index contributed by atoms with van der Waals surface area (Å²) in [6.45, 7) is 1.91. The van der Waals surface area contributed by atoms with E-state index in [1.807, 2.05) is 30.3 Å². The summed E-state index contributed by atoms with van der Waals surface area (Å²) in [6, 6.07) is 9.21. The fourth-order valence-corrected chi connectivity index (χ4v) is 1.34. The number of ketones is 1. The van der Waals surface area contributed by atoms with Crippen LogP contribution in [0.5, 0.6) is 0 Å². The molecular formula is C14H16O5. The van der Waals surface area contributed by atoms with Gasteiger partial charge in [0.05, 0.1) is 13.0 Å². The Morgan fingerprint density at radius 1 is 1.00 bits per heavy atom. The zero-order chi connectivity index (χ0) is 14.1. The number of carbonyl (C=O) groups is 3. The van der Waals surface area contributed by atoms with Crippen molar-refractivity contribution in [2.24, 2.45) is 0 Å². The van der Waals surface area contributed by atoms with Gasteiger partial charge in [-0.25, -0.2) is 4.79 Å². The molecule has 1 rings (SSSR count). The van der Waals surface area contributed by atoms with E-state index < -0.39 is 17.7 Å². The van der Waals surface area contributed by atoms with Gasteiger partial charge in [-0.05, 0) is 12.5 Å². The third-order valence-electron chi connectivity index (χ3n) is 2.30. The molecular weight excluding hydrogens is 248 g/mol. The van der Waals surface area contributed by atoms with Crippen LogP contribution in [0.4, 0.5) is 0 Å².